The summed E-state index contributed by atoms with van der Waals surface area (Å²) in [5.74, 6) is 1.95. The van der Waals surface area contributed by atoms with Gasteiger partial charge in [0.05, 0.1) is 0 Å². The molecule has 2 atom stereocenters. The van der Waals surface area contributed by atoms with E-state index in [4.69, 9.17) is 0 Å². The van der Waals surface area contributed by atoms with Crippen LogP contribution in [0, 0.1) is 11.8 Å². The molecule has 0 heterocycles. The van der Waals surface area contributed by atoms with Crippen LogP contribution >= 0.6 is 0 Å². The number of hydrogen-bond donors (Lipinski definition) is 1. The van der Waals surface area contributed by atoms with E-state index in [-0.39, 0.29) is 0 Å². The maximum Gasteiger partial charge on any atom is 0.121 e. The van der Waals surface area contributed by atoms with Crippen LogP contribution < -0.4 is 0 Å². The lowest BCUT2D eigenvalue weighted by atomic mass is 9.86. The van der Waals surface area contributed by atoms with Gasteiger partial charge in [-0.1, -0.05) is 91.2 Å². The average molecular weight is 376 g/mol. The van der Waals surface area contributed by atoms with E-state index in [1.807, 2.05) is 0 Å². The monoisotopic (exact) mass is 375 g/mol. The number of aromatic hydroxyl groups is 1. The maximum absolute atomic E-state index is 11.1. The summed E-state index contributed by atoms with van der Waals surface area (Å²) < 4.78 is 0. The van der Waals surface area contributed by atoms with Crippen molar-refractivity contribution in [1.29, 1.82) is 0 Å². The van der Waals surface area contributed by atoms with E-state index in [0.29, 0.717) is 17.6 Å². The Balaban J connectivity index is 3.09. The minimum Gasteiger partial charge on any atom is -0.507 e. The van der Waals surface area contributed by atoms with Gasteiger partial charge in [0.2, 0.25) is 0 Å². The van der Waals surface area contributed by atoms with Crippen LogP contribution in [0.25, 0.3) is 0 Å². The molecule has 2 nitrogen and oxygen atoms in total. The number of rotatable bonds is 14. The van der Waals surface area contributed by atoms with E-state index >= 15 is 0 Å². The van der Waals surface area contributed by atoms with Crippen molar-refractivity contribution in [3.8, 4) is 5.75 Å². The van der Waals surface area contributed by atoms with Crippen molar-refractivity contribution in [2.75, 3.05) is 14.1 Å². The lowest BCUT2D eigenvalue weighted by Gasteiger charge is -2.21. The molecule has 2 heteroatoms. The molecular formula is C25H45NO. The quantitative estimate of drug-likeness (QED) is 0.379. The molecule has 0 aromatic heterocycles. The normalized spacial score (nSPS) is 13.9. The third-order valence-corrected chi connectivity index (χ3v) is 5.93. The minimum absolute atomic E-state index is 0.586. The molecule has 0 amide bonds. The number of phenols is 1. The Bertz CT molecular complexity index is 484. The molecule has 0 saturated carbocycles. The predicted molar refractivity (Wildman–Crippen MR) is 120 cm³/mol. The zero-order chi connectivity index (χ0) is 20.2. The highest BCUT2D eigenvalue weighted by atomic mass is 16.3. The van der Waals surface area contributed by atoms with Crippen molar-refractivity contribution in [1.82, 2.24) is 4.90 Å². The topological polar surface area (TPSA) is 23.5 Å². The van der Waals surface area contributed by atoms with Gasteiger partial charge in [-0.3, -0.25) is 0 Å². The molecule has 1 aromatic rings. The highest BCUT2D eigenvalue weighted by Gasteiger charge is 2.17. The van der Waals surface area contributed by atoms with Gasteiger partial charge in [-0.05, 0) is 55.5 Å². The van der Waals surface area contributed by atoms with Gasteiger partial charge < -0.3 is 10.0 Å². The first kappa shape index (κ1) is 24.0. The molecule has 0 fully saturated rings. The van der Waals surface area contributed by atoms with Crippen LogP contribution in [0.5, 0.6) is 5.75 Å². The lowest BCUT2D eigenvalue weighted by molar-refractivity contribution is 0.394. The molecule has 0 aliphatic heterocycles. The van der Waals surface area contributed by atoms with Gasteiger partial charge in [-0.2, -0.15) is 0 Å². The van der Waals surface area contributed by atoms with Crippen LogP contribution in [0.3, 0.4) is 0 Å². The van der Waals surface area contributed by atoms with Gasteiger partial charge in [0, 0.05) is 6.54 Å². The first-order chi connectivity index (χ1) is 12.9. The van der Waals surface area contributed by atoms with Crippen molar-refractivity contribution in [2.45, 2.75) is 98.4 Å². The Kier molecular flexibility index (Phi) is 11.7. The van der Waals surface area contributed by atoms with Crippen LogP contribution in [-0.2, 0) is 19.4 Å². The first-order valence-corrected chi connectivity index (χ1v) is 11.4. The maximum atomic E-state index is 11.1. The van der Waals surface area contributed by atoms with Gasteiger partial charge in [0.1, 0.15) is 5.75 Å². The Labute approximate surface area is 169 Å². The summed E-state index contributed by atoms with van der Waals surface area (Å²) in [5, 5.41) is 11.1. The number of nitrogens with zero attached hydrogens (tertiary/aromatic N) is 1. The fraction of sp³-hybridized carbons (Fsp3) is 0.760. The summed E-state index contributed by atoms with van der Waals surface area (Å²) in [6.07, 6.45) is 12.1. The SMILES string of the molecule is CCCCC(CC)Cc1cc(CN(C)C)cc(CC(CC)CCCC)c1O. The zero-order valence-corrected chi connectivity index (χ0v) is 19.0. The van der Waals surface area contributed by atoms with Gasteiger partial charge in [0.25, 0.3) is 0 Å². The van der Waals surface area contributed by atoms with E-state index in [1.165, 1.54) is 68.1 Å². The largest absolute Gasteiger partial charge is 0.507 e. The van der Waals surface area contributed by atoms with Crippen LogP contribution in [0.1, 0.15) is 95.8 Å². The van der Waals surface area contributed by atoms with Crippen molar-refractivity contribution in [3.63, 3.8) is 0 Å². The van der Waals surface area contributed by atoms with Crippen LogP contribution in [-0.4, -0.2) is 24.1 Å². The zero-order valence-electron chi connectivity index (χ0n) is 19.0. The molecule has 0 saturated heterocycles. The van der Waals surface area contributed by atoms with Crippen LogP contribution in [0.15, 0.2) is 12.1 Å². The van der Waals surface area contributed by atoms with Crippen LogP contribution in [0.4, 0.5) is 0 Å². The lowest BCUT2D eigenvalue weighted by Crippen LogP contribution is -2.13. The summed E-state index contributed by atoms with van der Waals surface area (Å²) in [4.78, 5) is 2.22. The Hall–Kier alpha value is -1.02. The third-order valence-electron chi connectivity index (χ3n) is 5.93. The van der Waals surface area contributed by atoms with Crippen molar-refractivity contribution in [2.24, 2.45) is 11.8 Å². The van der Waals surface area contributed by atoms with Gasteiger partial charge in [0.15, 0.2) is 0 Å². The van der Waals surface area contributed by atoms with E-state index < -0.39 is 0 Å². The Morgan fingerprint density at radius 1 is 0.815 bits per heavy atom. The Morgan fingerprint density at radius 3 is 1.59 bits per heavy atom. The van der Waals surface area contributed by atoms with E-state index in [1.54, 1.807) is 0 Å². The van der Waals surface area contributed by atoms with Crippen LogP contribution in [0.2, 0.25) is 0 Å². The highest BCUT2D eigenvalue weighted by Crippen LogP contribution is 2.32. The number of hydrogen-bond acceptors (Lipinski definition) is 2. The second kappa shape index (κ2) is 13.2. The minimum atomic E-state index is 0.586. The molecule has 27 heavy (non-hydrogen) atoms. The smallest absolute Gasteiger partial charge is 0.121 e. The van der Waals surface area contributed by atoms with E-state index in [2.05, 4.69) is 58.8 Å². The van der Waals surface area contributed by atoms with Crippen molar-refractivity contribution >= 4 is 0 Å². The molecule has 1 N–H and O–H groups in total. The highest BCUT2D eigenvalue weighted by molar-refractivity contribution is 5.44. The molecule has 0 aliphatic rings. The summed E-state index contributed by atoms with van der Waals surface area (Å²) in [7, 11) is 4.25. The average Bonchev–Trinajstić information content (AvgIpc) is 2.64. The molecule has 1 rings (SSSR count). The van der Waals surface area contributed by atoms with E-state index in [9.17, 15) is 5.11 Å². The molecule has 0 aliphatic carbocycles. The van der Waals surface area contributed by atoms with Crippen molar-refractivity contribution in [3.05, 3.63) is 28.8 Å². The van der Waals surface area contributed by atoms with Crippen molar-refractivity contribution < 1.29 is 5.11 Å². The molecule has 2 unspecified atom stereocenters. The molecule has 0 bridgehead atoms. The summed E-state index contributed by atoms with van der Waals surface area (Å²) in [5.41, 5.74) is 3.70. The molecule has 156 valence electrons. The third kappa shape index (κ3) is 8.68. The number of benzene rings is 1. The molecule has 0 radical (unpaired) electrons. The summed E-state index contributed by atoms with van der Waals surface area (Å²) in [6, 6.07) is 4.53. The first-order valence-electron chi connectivity index (χ1n) is 11.4. The molecular weight excluding hydrogens is 330 g/mol. The second-order valence-electron chi connectivity index (χ2n) is 8.74. The number of unbranched alkanes of at least 4 members (excludes halogenated alkanes) is 2. The van der Waals surface area contributed by atoms with Gasteiger partial charge >= 0.3 is 0 Å². The summed E-state index contributed by atoms with van der Waals surface area (Å²) >= 11 is 0. The van der Waals surface area contributed by atoms with Gasteiger partial charge in [-0.15, -0.1) is 0 Å². The van der Waals surface area contributed by atoms with E-state index in [0.717, 1.165) is 19.4 Å². The summed E-state index contributed by atoms with van der Waals surface area (Å²) in [6.45, 7) is 10.1. The molecule has 1 aromatic carbocycles. The number of phenolic OH excluding ortho intramolecular Hbond substituents is 1. The fourth-order valence-electron chi connectivity index (χ4n) is 4.11. The van der Waals surface area contributed by atoms with Gasteiger partial charge in [-0.25, -0.2) is 0 Å². The predicted octanol–water partition coefficient (Wildman–Crippen LogP) is 6.97. The molecule has 0 spiro atoms. The fourth-order valence-corrected chi connectivity index (χ4v) is 4.11. The second-order valence-corrected chi connectivity index (χ2v) is 8.74. The standard InChI is InChI=1S/C25H45NO/c1-7-11-13-20(9-3)15-23-17-22(19-26(5)6)18-24(25(23)27)16-21(10-4)14-12-8-2/h17-18,20-21,27H,7-16,19H2,1-6H3. The Morgan fingerprint density at radius 2 is 1.26 bits per heavy atom.